The second-order valence-electron chi connectivity index (χ2n) is 12.7. The minimum atomic E-state index is -4.62. The summed E-state index contributed by atoms with van der Waals surface area (Å²) in [5, 5.41) is 17.2. The summed E-state index contributed by atoms with van der Waals surface area (Å²) in [4.78, 5) is 57.0. The standard InChI is InChI=1S/C35H33ClF3N9O5/c1-3-26-29(45-12-14-46(15-13-45)32(51)28-30(50)19(2)40-18-41-28)33(52)48-34(43-31(44-48)20-4-7-22(8-5-20)53-23-9-10-23)47(26)17-27(49)42-25-11-6-21(16-24(25)36)35(37,38)39/h4-8,11,16,18,23,50H,3,9-10,12-15,17H2,1-2H3,(H,42,49). The van der Waals surface area contributed by atoms with Crippen LogP contribution in [-0.4, -0.2) is 83.2 Å². The number of aromatic hydroxyl groups is 1. The maximum atomic E-state index is 14.3. The average Bonchev–Trinajstić information content (AvgIpc) is 3.84. The average molecular weight is 752 g/mol. The normalized spacial score (nSPS) is 14.8. The number of carbonyl (C=O) groups excluding carboxylic acids is 2. The number of halogens is 4. The molecule has 53 heavy (non-hydrogen) atoms. The first kappa shape index (κ1) is 35.7. The van der Waals surface area contributed by atoms with Gasteiger partial charge < -0.3 is 29.5 Å². The van der Waals surface area contributed by atoms with Crippen LogP contribution >= 0.6 is 11.6 Å². The van der Waals surface area contributed by atoms with Gasteiger partial charge in [0.1, 0.15) is 24.3 Å². The van der Waals surface area contributed by atoms with Gasteiger partial charge in [0.05, 0.1) is 33.8 Å². The molecule has 18 heteroatoms. The number of hydrogen-bond acceptors (Lipinski definition) is 10. The number of carbonyl (C=O) groups is 2. The largest absolute Gasteiger partial charge is 0.504 e. The van der Waals surface area contributed by atoms with Gasteiger partial charge in [-0.25, -0.2) is 9.97 Å². The van der Waals surface area contributed by atoms with Crippen molar-refractivity contribution in [2.75, 3.05) is 36.4 Å². The predicted molar refractivity (Wildman–Crippen MR) is 187 cm³/mol. The summed E-state index contributed by atoms with van der Waals surface area (Å²) in [5.74, 6) is -0.444. The smallest absolute Gasteiger partial charge is 0.416 e. The SMILES string of the molecule is CCc1c(N2CCN(C(=O)c3ncnc(C)c3O)CC2)c(=O)n2nc(-c3ccc(OC4CC4)cc3)nc2n1CC(=O)Nc1ccc(C(F)(F)F)cc1Cl. The molecule has 2 aliphatic rings. The zero-order valence-corrected chi connectivity index (χ0v) is 29.3. The molecule has 7 rings (SSSR count). The molecule has 0 spiro atoms. The van der Waals surface area contributed by atoms with Gasteiger partial charge in [0.25, 0.3) is 11.5 Å². The molecule has 0 bridgehead atoms. The lowest BCUT2D eigenvalue weighted by atomic mass is 10.2. The van der Waals surface area contributed by atoms with Gasteiger partial charge >= 0.3 is 6.18 Å². The summed E-state index contributed by atoms with van der Waals surface area (Å²) in [7, 11) is 0. The molecule has 1 saturated carbocycles. The third-order valence-electron chi connectivity index (χ3n) is 9.06. The molecular weight excluding hydrogens is 719 g/mol. The van der Waals surface area contributed by atoms with E-state index >= 15 is 0 Å². The molecule has 1 aliphatic carbocycles. The van der Waals surface area contributed by atoms with Crippen LogP contribution in [0.4, 0.5) is 24.5 Å². The van der Waals surface area contributed by atoms with Crippen molar-refractivity contribution in [1.82, 2.24) is 34.0 Å². The van der Waals surface area contributed by atoms with Crippen LogP contribution < -0.4 is 20.5 Å². The highest BCUT2D eigenvalue weighted by Gasteiger charge is 2.32. The topological polar surface area (TPSA) is 160 Å². The zero-order valence-electron chi connectivity index (χ0n) is 28.5. The van der Waals surface area contributed by atoms with Crippen LogP contribution in [-0.2, 0) is 23.9 Å². The number of aromatic nitrogens is 6. The Morgan fingerprint density at radius 3 is 2.42 bits per heavy atom. The van der Waals surface area contributed by atoms with E-state index in [4.69, 9.17) is 16.3 Å². The highest BCUT2D eigenvalue weighted by atomic mass is 35.5. The molecule has 2 amide bonds. The monoisotopic (exact) mass is 751 g/mol. The van der Waals surface area contributed by atoms with Gasteiger partial charge in [-0.05, 0) is 68.7 Å². The fraction of sp³-hybridized carbons (Fsp3) is 0.343. The van der Waals surface area contributed by atoms with E-state index in [2.05, 4.69) is 25.4 Å². The molecule has 0 unspecified atom stereocenters. The molecule has 2 fully saturated rings. The van der Waals surface area contributed by atoms with E-state index in [0.29, 0.717) is 17.0 Å². The Hall–Kier alpha value is -5.71. The van der Waals surface area contributed by atoms with Gasteiger partial charge in [0.2, 0.25) is 11.7 Å². The van der Waals surface area contributed by atoms with Crippen LogP contribution in [0.1, 0.15) is 47.2 Å². The molecule has 1 saturated heterocycles. The summed E-state index contributed by atoms with van der Waals surface area (Å²) >= 11 is 6.13. The minimum absolute atomic E-state index is 0.0265. The van der Waals surface area contributed by atoms with E-state index in [1.165, 1.54) is 11.2 Å². The Balaban J connectivity index is 1.23. The molecule has 1 aliphatic heterocycles. The van der Waals surface area contributed by atoms with Crippen molar-refractivity contribution in [3.05, 3.63) is 86.8 Å². The number of anilines is 2. The summed E-state index contributed by atoms with van der Waals surface area (Å²) in [6.07, 6.45) is -0.939. The Labute approximate surface area is 304 Å². The lowest BCUT2D eigenvalue weighted by Gasteiger charge is -2.36. The number of benzene rings is 2. The first-order valence-corrected chi connectivity index (χ1v) is 17.2. The van der Waals surface area contributed by atoms with Crippen molar-refractivity contribution < 1.29 is 32.6 Å². The fourth-order valence-electron chi connectivity index (χ4n) is 6.14. The van der Waals surface area contributed by atoms with Crippen molar-refractivity contribution >= 4 is 40.6 Å². The molecule has 2 aromatic carbocycles. The summed E-state index contributed by atoms with van der Waals surface area (Å²) in [5.41, 5.74) is -0.0387. The molecule has 3 aromatic heterocycles. The van der Waals surface area contributed by atoms with E-state index in [1.54, 1.807) is 35.8 Å². The summed E-state index contributed by atoms with van der Waals surface area (Å²) < 4.78 is 48.2. The van der Waals surface area contributed by atoms with E-state index in [0.717, 1.165) is 35.6 Å². The second-order valence-corrected chi connectivity index (χ2v) is 13.1. The Kier molecular flexibility index (Phi) is 9.44. The Morgan fingerprint density at radius 2 is 1.77 bits per heavy atom. The lowest BCUT2D eigenvalue weighted by Crippen LogP contribution is -2.51. The number of hydrogen-bond donors (Lipinski definition) is 2. The molecule has 0 atom stereocenters. The number of ether oxygens (including phenoxy) is 1. The van der Waals surface area contributed by atoms with Crippen LogP contribution in [0.2, 0.25) is 5.02 Å². The fourth-order valence-corrected chi connectivity index (χ4v) is 6.37. The van der Waals surface area contributed by atoms with Gasteiger partial charge in [-0.3, -0.25) is 14.4 Å². The highest BCUT2D eigenvalue weighted by molar-refractivity contribution is 6.33. The maximum absolute atomic E-state index is 14.3. The van der Waals surface area contributed by atoms with Gasteiger partial charge in [-0.2, -0.15) is 22.7 Å². The quantitative estimate of drug-likeness (QED) is 0.216. The van der Waals surface area contributed by atoms with Gasteiger partial charge in [0.15, 0.2) is 17.3 Å². The van der Waals surface area contributed by atoms with Crippen LogP contribution in [0.15, 0.2) is 53.6 Å². The number of alkyl halides is 3. The molecule has 276 valence electrons. The molecule has 2 N–H and O–H groups in total. The molecule has 0 radical (unpaired) electrons. The van der Waals surface area contributed by atoms with E-state index < -0.39 is 35.7 Å². The zero-order chi connectivity index (χ0) is 37.6. The number of aryl methyl sites for hydroxylation is 1. The summed E-state index contributed by atoms with van der Waals surface area (Å²) in [6.45, 7) is 3.80. The second kappa shape index (κ2) is 14.0. The molecule has 14 nitrogen and oxygen atoms in total. The van der Waals surface area contributed by atoms with Crippen molar-refractivity contribution in [3.8, 4) is 22.9 Å². The lowest BCUT2D eigenvalue weighted by molar-refractivity contribution is -0.137. The first-order chi connectivity index (χ1) is 25.3. The Morgan fingerprint density at radius 1 is 1.06 bits per heavy atom. The van der Waals surface area contributed by atoms with Crippen LogP contribution in [0.3, 0.4) is 0 Å². The number of piperazine rings is 1. The molecule has 5 aromatic rings. The first-order valence-electron chi connectivity index (χ1n) is 16.8. The van der Waals surface area contributed by atoms with Gasteiger partial charge in [0, 0.05) is 31.7 Å². The van der Waals surface area contributed by atoms with Crippen LogP contribution in [0, 0.1) is 6.92 Å². The van der Waals surface area contributed by atoms with Gasteiger partial charge in [-0.15, -0.1) is 5.10 Å². The van der Waals surface area contributed by atoms with Crippen molar-refractivity contribution in [3.63, 3.8) is 0 Å². The maximum Gasteiger partial charge on any atom is 0.416 e. The third-order valence-corrected chi connectivity index (χ3v) is 9.38. The minimum Gasteiger partial charge on any atom is -0.504 e. The van der Waals surface area contributed by atoms with Gasteiger partial charge in [-0.1, -0.05) is 18.5 Å². The number of nitrogens with zero attached hydrogens (tertiary/aromatic N) is 8. The number of rotatable bonds is 9. The van der Waals surface area contributed by atoms with Crippen LogP contribution in [0.25, 0.3) is 17.2 Å². The number of fused-ring (bicyclic) bond motifs is 1. The van der Waals surface area contributed by atoms with Crippen molar-refractivity contribution in [1.29, 1.82) is 0 Å². The molecule has 4 heterocycles. The van der Waals surface area contributed by atoms with E-state index in [9.17, 15) is 32.7 Å². The van der Waals surface area contributed by atoms with Crippen molar-refractivity contribution in [2.45, 2.75) is 51.9 Å². The van der Waals surface area contributed by atoms with E-state index in [1.807, 2.05) is 11.8 Å². The van der Waals surface area contributed by atoms with Crippen molar-refractivity contribution in [2.24, 2.45) is 0 Å². The highest BCUT2D eigenvalue weighted by Crippen LogP contribution is 2.34. The predicted octanol–water partition coefficient (Wildman–Crippen LogP) is 4.74. The van der Waals surface area contributed by atoms with E-state index in [-0.39, 0.29) is 83.8 Å². The number of nitrogens with one attached hydrogen (secondary N) is 1. The number of amides is 2. The molecular formula is C35H33ClF3N9O5. The summed E-state index contributed by atoms with van der Waals surface area (Å²) in [6, 6.07) is 9.75. The van der Waals surface area contributed by atoms with Crippen LogP contribution in [0.5, 0.6) is 11.5 Å². The Bertz CT molecular complexity index is 2280. The third kappa shape index (κ3) is 7.20.